The molecule has 2 aromatic carbocycles. The van der Waals surface area contributed by atoms with Gasteiger partial charge in [0.1, 0.15) is 23.4 Å². The summed E-state index contributed by atoms with van der Waals surface area (Å²) in [6.45, 7) is 0.537. The number of carbonyl (C=O) groups is 3. The summed E-state index contributed by atoms with van der Waals surface area (Å²) < 4.78 is 67.0. The molecule has 3 heterocycles. The van der Waals surface area contributed by atoms with Gasteiger partial charge in [-0.15, -0.1) is 0 Å². The number of aliphatic hydroxyl groups is 1. The van der Waals surface area contributed by atoms with E-state index in [0.717, 1.165) is 40.6 Å². The van der Waals surface area contributed by atoms with E-state index in [4.69, 9.17) is 31.3 Å². The molecule has 0 saturated heterocycles. The zero-order valence-corrected chi connectivity index (χ0v) is 27.7. The number of aliphatic carboxylic acids is 2. The largest absolute Gasteiger partial charge is 0.490 e. The van der Waals surface area contributed by atoms with Gasteiger partial charge in [0, 0.05) is 48.5 Å². The molecule has 20 heteroatoms. The van der Waals surface area contributed by atoms with E-state index in [1.807, 2.05) is 36.5 Å². The maximum absolute atomic E-state index is 13.2. The van der Waals surface area contributed by atoms with E-state index in [1.54, 1.807) is 30.5 Å². The molecule has 286 valence electrons. The first-order chi connectivity index (χ1) is 25.3. The zero-order chi connectivity index (χ0) is 40.0. The van der Waals surface area contributed by atoms with Crippen LogP contribution in [-0.4, -0.2) is 71.2 Å². The molecule has 1 saturated carbocycles. The highest BCUT2D eigenvalue weighted by molar-refractivity contribution is 6.04. The number of nitrogens with two attached hydrogens (primary N) is 2. The minimum Gasteiger partial charge on any atom is -0.475 e. The van der Waals surface area contributed by atoms with Crippen LogP contribution in [0.15, 0.2) is 84.2 Å². The van der Waals surface area contributed by atoms with Crippen LogP contribution in [0.1, 0.15) is 34.8 Å². The fourth-order valence-corrected chi connectivity index (χ4v) is 5.32. The average Bonchev–Trinajstić information content (AvgIpc) is 3.48. The van der Waals surface area contributed by atoms with Crippen molar-refractivity contribution < 1.29 is 56.0 Å². The molecule has 0 unspecified atom stereocenters. The number of halogens is 6. The SMILES string of the molecule is NCc1cccc(-n2cccc(C(=O)Nc3ccc(-c4cn(C5CC(CO)C5)c5ncnc(N)c45)cc3)c2=O)c1.O=C(O)C(F)(F)F.O=C(O)C(F)(F)F. The summed E-state index contributed by atoms with van der Waals surface area (Å²) in [6.07, 6.45) is -3.27. The highest BCUT2D eigenvalue weighted by atomic mass is 19.4. The number of carbonyl (C=O) groups excluding carboxylic acids is 1. The summed E-state index contributed by atoms with van der Waals surface area (Å²) in [5.41, 5.74) is 16.2. The predicted molar refractivity (Wildman–Crippen MR) is 181 cm³/mol. The molecule has 0 bridgehead atoms. The van der Waals surface area contributed by atoms with Crippen molar-refractivity contribution in [1.29, 1.82) is 0 Å². The van der Waals surface area contributed by atoms with Crippen LogP contribution in [0.4, 0.5) is 37.8 Å². The van der Waals surface area contributed by atoms with Gasteiger partial charge in [0.2, 0.25) is 0 Å². The number of carboxylic acid groups (broad SMARTS) is 2. The molecule has 0 radical (unpaired) electrons. The van der Waals surface area contributed by atoms with Gasteiger partial charge in [0.15, 0.2) is 0 Å². The number of fused-ring (bicyclic) bond motifs is 1. The van der Waals surface area contributed by atoms with E-state index < -0.39 is 35.8 Å². The second-order valence-corrected chi connectivity index (χ2v) is 11.7. The molecule has 5 aromatic rings. The smallest absolute Gasteiger partial charge is 0.475 e. The molecule has 1 amide bonds. The number of benzene rings is 2. The van der Waals surface area contributed by atoms with Gasteiger partial charge in [-0.2, -0.15) is 26.3 Å². The quantitative estimate of drug-likeness (QED) is 0.124. The topological polar surface area (TPSA) is 229 Å². The number of rotatable bonds is 7. The molecule has 14 nitrogen and oxygen atoms in total. The Balaban J connectivity index is 0.000000396. The number of nitrogen functional groups attached to an aromatic ring is 1. The van der Waals surface area contributed by atoms with Crippen molar-refractivity contribution in [1.82, 2.24) is 19.1 Å². The van der Waals surface area contributed by atoms with Crippen LogP contribution in [-0.2, 0) is 16.1 Å². The van der Waals surface area contributed by atoms with Crippen molar-refractivity contribution in [2.24, 2.45) is 11.7 Å². The lowest BCUT2D eigenvalue weighted by molar-refractivity contribution is -0.193. The number of hydrogen-bond acceptors (Lipinski definition) is 9. The van der Waals surface area contributed by atoms with Crippen LogP contribution in [0.2, 0.25) is 0 Å². The third-order valence-corrected chi connectivity index (χ3v) is 8.06. The molecule has 1 aliphatic rings. The van der Waals surface area contributed by atoms with Gasteiger partial charge in [-0.3, -0.25) is 14.2 Å². The number of nitrogens with zero attached hydrogens (tertiary/aromatic N) is 4. The van der Waals surface area contributed by atoms with Crippen molar-refractivity contribution >= 4 is 40.4 Å². The van der Waals surface area contributed by atoms with Gasteiger partial charge < -0.3 is 36.7 Å². The Hall–Kier alpha value is -6.28. The van der Waals surface area contributed by atoms with Gasteiger partial charge in [-0.1, -0.05) is 24.3 Å². The molecule has 1 fully saturated rings. The van der Waals surface area contributed by atoms with E-state index in [-0.39, 0.29) is 18.2 Å². The maximum Gasteiger partial charge on any atom is 0.490 e. The highest BCUT2D eigenvalue weighted by Crippen LogP contribution is 2.42. The number of amides is 1. The lowest BCUT2D eigenvalue weighted by atomic mass is 9.81. The van der Waals surface area contributed by atoms with Crippen molar-refractivity contribution in [2.75, 3.05) is 17.7 Å². The Bertz CT molecular complexity index is 2170. The fraction of sp³-hybridized carbons (Fsp3) is 0.235. The third-order valence-electron chi connectivity index (χ3n) is 8.06. The molecule has 1 aliphatic carbocycles. The molecule has 3 aromatic heterocycles. The molecule has 8 N–H and O–H groups in total. The van der Waals surface area contributed by atoms with Crippen LogP contribution >= 0.6 is 0 Å². The number of aliphatic hydroxyl groups excluding tert-OH is 1. The number of hydrogen-bond donors (Lipinski definition) is 6. The van der Waals surface area contributed by atoms with Gasteiger partial charge in [-0.05, 0) is 66.3 Å². The second-order valence-electron chi connectivity index (χ2n) is 11.7. The first kappa shape index (κ1) is 40.5. The monoisotopic (exact) mass is 763 g/mol. The van der Waals surface area contributed by atoms with Crippen LogP contribution in [0.25, 0.3) is 27.8 Å². The van der Waals surface area contributed by atoms with E-state index in [1.165, 1.54) is 17.0 Å². The summed E-state index contributed by atoms with van der Waals surface area (Å²) in [7, 11) is 0. The van der Waals surface area contributed by atoms with Gasteiger partial charge in [0.25, 0.3) is 11.5 Å². The molecule has 0 aliphatic heterocycles. The summed E-state index contributed by atoms with van der Waals surface area (Å²) in [6, 6.07) is 18.1. The van der Waals surface area contributed by atoms with Crippen molar-refractivity contribution in [2.45, 2.75) is 37.8 Å². The standard InChI is InChI=1S/C30H29N7O3.2C2HF3O2/c31-14-18-3-1-4-22(11-18)36-10-2-5-24(30(36)40)29(39)35-21-8-6-20(7-9-21)25-15-37(23-12-19(13-23)16-38)28-26(25)27(32)33-17-34-28;2*3-2(4,5)1(6)7/h1-11,15,17,19,23,38H,12-14,16,31H2,(H,35,39)(H2,32,33,34);2*(H,6,7). The van der Waals surface area contributed by atoms with Crippen LogP contribution in [0.5, 0.6) is 0 Å². The summed E-state index contributed by atoms with van der Waals surface area (Å²) in [5.74, 6) is -5.32. The van der Waals surface area contributed by atoms with Crippen molar-refractivity contribution in [3.8, 4) is 16.8 Å². The van der Waals surface area contributed by atoms with Crippen LogP contribution in [0.3, 0.4) is 0 Å². The van der Waals surface area contributed by atoms with Crippen molar-refractivity contribution in [3.05, 3.63) is 101 Å². The van der Waals surface area contributed by atoms with Crippen LogP contribution < -0.4 is 22.3 Å². The Morgan fingerprint density at radius 3 is 2.07 bits per heavy atom. The first-order valence-corrected chi connectivity index (χ1v) is 15.6. The average molecular weight is 764 g/mol. The third kappa shape index (κ3) is 9.58. The number of alkyl halides is 6. The Morgan fingerprint density at radius 1 is 0.907 bits per heavy atom. The maximum atomic E-state index is 13.2. The number of carboxylic acids is 2. The molecule has 6 rings (SSSR count). The van der Waals surface area contributed by atoms with E-state index in [0.29, 0.717) is 29.7 Å². The Labute approximate surface area is 300 Å². The zero-order valence-electron chi connectivity index (χ0n) is 27.7. The van der Waals surface area contributed by atoms with Gasteiger partial charge in [-0.25, -0.2) is 19.6 Å². The minimum atomic E-state index is -5.08. The number of pyridine rings is 1. The fourth-order valence-electron chi connectivity index (χ4n) is 5.32. The highest BCUT2D eigenvalue weighted by Gasteiger charge is 2.39. The van der Waals surface area contributed by atoms with E-state index in [2.05, 4.69) is 19.9 Å². The number of nitrogens with one attached hydrogen (secondary N) is 1. The summed E-state index contributed by atoms with van der Waals surface area (Å²) in [5, 5.41) is 27.3. The normalized spacial score (nSPS) is 15.2. The first-order valence-electron chi connectivity index (χ1n) is 15.6. The lowest BCUT2D eigenvalue weighted by Gasteiger charge is -2.35. The predicted octanol–water partition coefficient (Wildman–Crippen LogP) is 4.75. The van der Waals surface area contributed by atoms with Crippen LogP contribution in [0, 0.1) is 5.92 Å². The van der Waals surface area contributed by atoms with Gasteiger partial charge in [0.05, 0.1) is 5.39 Å². The number of anilines is 2. The minimum absolute atomic E-state index is 0.0272. The second kappa shape index (κ2) is 16.6. The molecule has 0 spiro atoms. The molecule has 0 atom stereocenters. The Morgan fingerprint density at radius 2 is 1.52 bits per heavy atom. The summed E-state index contributed by atoms with van der Waals surface area (Å²) >= 11 is 0. The number of aromatic nitrogens is 4. The van der Waals surface area contributed by atoms with Crippen molar-refractivity contribution in [3.63, 3.8) is 0 Å². The van der Waals surface area contributed by atoms with E-state index in [9.17, 15) is 41.0 Å². The van der Waals surface area contributed by atoms with Gasteiger partial charge >= 0.3 is 24.3 Å². The Kier molecular flexibility index (Phi) is 12.4. The molecule has 54 heavy (non-hydrogen) atoms. The summed E-state index contributed by atoms with van der Waals surface area (Å²) in [4.78, 5) is 52.7. The van der Waals surface area contributed by atoms with E-state index >= 15 is 0 Å². The molecular weight excluding hydrogens is 732 g/mol. The molecular formula is C34H31F6N7O7. The lowest BCUT2D eigenvalue weighted by Crippen LogP contribution is -2.28.